The Bertz CT molecular complexity index is 1090. The fraction of sp³-hybridized carbons (Fsp3) is 0.600. The number of carbonyl (C=O) groups excluding carboxylic acids is 2. The quantitative estimate of drug-likeness (QED) is 0.402. The van der Waals surface area contributed by atoms with Gasteiger partial charge in [0.05, 0.1) is 6.33 Å². The van der Waals surface area contributed by atoms with Gasteiger partial charge in [0.2, 0.25) is 5.91 Å². The summed E-state index contributed by atoms with van der Waals surface area (Å²) in [6, 6.07) is 8.72. The fourth-order valence-corrected chi connectivity index (χ4v) is 6.51. The molecule has 9 nitrogen and oxygen atoms in total. The van der Waals surface area contributed by atoms with Crippen LogP contribution in [0.2, 0.25) is 0 Å². The number of aliphatic carboxylic acids is 1. The van der Waals surface area contributed by atoms with Crippen LogP contribution in [0.3, 0.4) is 0 Å². The number of hydrogen-bond donors (Lipinski definition) is 3. The van der Waals surface area contributed by atoms with Gasteiger partial charge in [0.15, 0.2) is 0 Å². The van der Waals surface area contributed by atoms with Crippen LogP contribution < -0.4 is 10.6 Å². The highest BCUT2D eigenvalue weighted by atomic mass is 16.4. The van der Waals surface area contributed by atoms with Crippen molar-refractivity contribution in [1.82, 2.24) is 25.1 Å². The number of nitrogens with one attached hydrogen (secondary N) is 2. The molecule has 39 heavy (non-hydrogen) atoms. The van der Waals surface area contributed by atoms with Crippen molar-refractivity contribution in [3.8, 4) is 0 Å². The lowest BCUT2D eigenvalue weighted by atomic mass is 9.61. The zero-order valence-corrected chi connectivity index (χ0v) is 23.1. The molecule has 2 heterocycles. The van der Waals surface area contributed by atoms with E-state index in [2.05, 4.69) is 15.6 Å². The lowest BCUT2D eigenvalue weighted by Crippen LogP contribution is -2.55. The average Bonchev–Trinajstić information content (AvgIpc) is 3.37. The molecular weight excluding hydrogens is 494 g/mol. The maximum absolute atomic E-state index is 13.8. The van der Waals surface area contributed by atoms with E-state index in [1.54, 1.807) is 12.5 Å². The van der Waals surface area contributed by atoms with Crippen LogP contribution in [0, 0.1) is 11.3 Å². The van der Waals surface area contributed by atoms with E-state index in [4.69, 9.17) is 0 Å². The second-order valence-corrected chi connectivity index (χ2v) is 11.3. The van der Waals surface area contributed by atoms with Gasteiger partial charge >= 0.3 is 12.0 Å². The molecule has 9 heteroatoms. The Morgan fingerprint density at radius 3 is 2.46 bits per heavy atom. The normalized spacial score (nSPS) is 18.3. The van der Waals surface area contributed by atoms with Crippen molar-refractivity contribution in [1.29, 1.82) is 0 Å². The van der Waals surface area contributed by atoms with Gasteiger partial charge in [-0.15, -0.1) is 0 Å². The Labute approximate surface area is 231 Å². The van der Waals surface area contributed by atoms with Crippen molar-refractivity contribution in [3.63, 3.8) is 0 Å². The van der Waals surface area contributed by atoms with Gasteiger partial charge in [-0.1, -0.05) is 49.6 Å². The third-order valence-corrected chi connectivity index (χ3v) is 8.85. The molecule has 1 aliphatic carbocycles. The largest absolute Gasteiger partial charge is 0.481 e. The number of carboxylic acids is 1. The van der Waals surface area contributed by atoms with E-state index in [-0.39, 0.29) is 23.8 Å². The Morgan fingerprint density at radius 1 is 1.10 bits per heavy atom. The molecule has 2 fully saturated rings. The molecule has 0 radical (unpaired) electrons. The minimum atomic E-state index is -0.745. The van der Waals surface area contributed by atoms with E-state index in [0.29, 0.717) is 44.8 Å². The van der Waals surface area contributed by atoms with Gasteiger partial charge in [-0.05, 0) is 49.0 Å². The molecule has 0 unspecified atom stereocenters. The van der Waals surface area contributed by atoms with E-state index < -0.39 is 12.0 Å². The number of piperidine rings is 1. The zero-order chi connectivity index (χ0) is 27.7. The third kappa shape index (κ3) is 7.83. The van der Waals surface area contributed by atoms with Crippen LogP contribution in [0.5, 0.6) is 0 Å². The molecule has 2 aromatic rings. The van der Waals surface area contributed by atoms with Crippen LogP contribution in [0.25, 0.3) is 0 Å². The molecule has 0 bridgehead atoms. The molecule has 1 saturated carbocycles. The van der Waals surface area contributed by atoms with Crippen molar-refractivity contribution >= 4 is 17.9 Å². The molecule has 1 aromatic carbocycles. The van der Waals surface area contributed by atoms with Crippen LogP contribution >= 0.6 is 0 Å². The van der Waals surface area contributed by atoms with Gasteiger partial charge in [-0.2, -0.15) is 0 Å². The Hall–Kier alpha value is -3.36. The number of aromatic nitrogens is 2. The van der Waals surface area contributed by atoms with Crippen molar-refractivity contribution in [2.24, 2.45) is 18.4 Å². The number of urea groups is 1. The summed E-state index contributed by atoms with van der Waals surface area (Å²) in [7, 11) is 1.92. The van der Waals surface area contributed by atoms with E-state index in [1.165, 1.54) is 19.3 Å². The number of hydrogen-bond acceptors (Lipinski definition) is 4. The van der Waals surface area contributed by atoms with Crippen LogP contribution in [0.4, 0.5) is 4.79 Å². The first-order chi connectivity index (χ1) is 18.9. The number of benzene rings is 1. The number of nitrogens with zero attached hydrogens (tertiary/aromatic N) is 3. The molecule has 4 rings (SSSR count). The number of carboxylic acid groups (broad SMARTS) is 1. The van der Waals surface area contributed by atoms with E-state index >= 15 is 0 Å². The first kappa shape index (κ1) is 28.6. The molecular formula is C30H43N5O4. The molecule has 2 aliphatic rings. The summed E-state index contributed by atoms with van der Waals surface area (Å²) in [4.78, 5) is 44.0. The Kier molecular flexibility index (Phi) is 10.0. The number of aryl methyl sites for hydroxylation is 1. The van der Waals surface area contributed by atoms with Gasteiger partial charge in [0, 0.05) is 57.8 Å². The summed E-state index contributed by atoms with van der Waals surface area (Å²) in [5, 5.41) is 15.2. The van der Waals surface area contributed by atoms with Crippen LogP contribution in [0.15, 0.2) is 42.9 Å². The van der Waals surface area contributed by atoms with Crippen LogP contribution in [-0.2, 0) is 29.5 Å². The van der Waals surface area contributed by atoms with Crippen molar-refractivity contribution in [2.75, 3.05) is 19.6 Å². The zero-order valence-electron chi connectivity index (χ0n) is 23.1. The summed E-state index contributed by atoms with van der Waals surface area (Å²) in [5.41, 5.74) is 1.99. The number of carbonyl (C=O) groups is 3. The fourth-order valence-electron chi connectivity index (χ4n) is 6.51. The maximum Gasteiger partial charge on any atom is 0.315 e. The van der Waals surface area contributed by atoms with E-state index in [1.807, 2.05) is 46.8 Å². The Balaban J connectivity index is 1.39. The third-order valence-electron chi connectivity index (χ3n) is 8.85. The summed E-state index contributed by atoms with van der Waals surface area (Å²) >= 11 is 0. The van der Waals surface area contributed by atoms with E-state index in [0.717, 1.165) is 36.9 Å². The van der Waals surface area contributed by atoms with Crippen molar-refractivity contribution in [3.05, 3.63) is 54.1 Å². The molecule has 0 spiro atoms. The number of amides is 3. The Morgan fingerprint density at radius 2 is 1.82 bits per heavy atom. The lowest BCUT2D eigenvalue weighted by Gasteiger charge is -2.48. The lowest BCUT2D eigenvalue weighted by molar-refractivity contribution is -0.140. The smallest absolute Gasteiger partial charge is 0.315 e. The van der Waals surface area contributed by atoms with Gasteiger partial charge < -0.3 is 25.2 Å². The highest BCUT2D eigenvalue weighted by Gasteiger charge is 2.43. The molecule has 1 aliphatic heterocycles. The minimum absolute atomic E-state index is 0.0128. The predicted molar refractivity (Wildman–Crippen MR) is 149 cm³/mol. The second kappa shape index (κ2) is 13.6. The maximum atomic E-state index is 13.8. The molecule has 1 aromatic heterocycles. The summed E-state index contributed by atoms with van der Waals surface area (Å²) in [6.07, 6.45) is 13.1. The average molecular weight is 538 g/mol. The molecule has 3 N–H and O–H groups in total. The monoisotopic (exact) mass is 537 g/mol. The number of imidazole rings is 1. The first-order valence-corrected chi connectivity index (χ1v) is 14.4. The molecule has 1 atom stereocenters. The number of rotatable bonds is 11. The SMILES string of the molecule is Cn1cncc1CCNC(=O)N[C@H](Cc1ccccc1)C(=O)N1CCC(CCC(=O)O)(C2CCCCC2)CC1. The first-order valence-electron chi connectivity index (χ1n) is 14.4. The van der Waals surface area contributed by atoms with Crippen LogP contribution in [0.1, 0.15) is 69.0 Å². The summed E-state index contributed by atoms with van der Waals surface area (Å²) in [6.45, 7) is 1.64. The van der Waals surface area contributed by atoms with Gasteiger partial charge in [-0.3, -0.25) is 9.59 Å². The highest BCUT2D eigenvalue weighted by Crippen LogP contribution is 2.49. The minimum Gasteiger partial charge on any atom is -0.481 e. The van der Waals surface area contributed by atoms with Gasteiger partial charge in [0.25, 0.3) is 0 Å². The summed E-state index contributed by atoms with van der Waals surface area (Å²) in [5.74, 6) is -0.285. The molecule has 3 amide bonds. The predicted octanol–water partition coefficient (Wildman–Crippen LogP) is 3.93. The standard InChI is InChI=1S/C30H43N5O4/c1-34-22-31-21-25(34)13-17-32-29(39)33-26(20-23-8-4-2-5-9-23)28(38)35-18-15-30(16-19-35,14-12-27(36)37)24-10-6-3-7-11-24/h2,4-5,8-9,21-22,24,26H,3,6-7,10-20H2,1H3,(H,36,37)(H2,32,33,39)/t26-/m1/s1. The van der Waals surface area contributed by atoms with Crippen molar-refractivity contribution < 1.29 is 19.5 Å². The molecule has 1 saturated heterocycles. The second-order valence-electron chi connectivity index (χ2n) is 11.3. The van der Waals surface area contributed by atoms with Gasteiger partial charge in [-0.25, -0.2) is 9.78 Å². The molecule has 212 valence electrons. The highest BCUT2D eigenvalue weighted by molar-refractivity contribution is 5.87. The van der Waals surface area contributed by atoms with Gasteiger partial charge in [0.1, 0.15) is 6.04 Å². The van der Waals surface area contributed by atoms with E-state index in [9.17, 15) is 19.5 Å². The topological polar surface area (TPSA) is 117 Å². The summed E-state index contributed by atoms with van der Waals surface area (Å²) < 4.78 is 1.92. The number of likely N-dealkylation sites (tertiary alicyclic amines) is 1. The van der Waals surface area contributed by atoms with Crippen LogP contribution in [-0.4, -0.2) is 63.1 Å². The van der Waals surface area contributed by atoms with Crippen molar-refractivity contribution in [2.45, 2.75) is 76.7 Å².